The third-order valence-corrected chi connectivity index (χ3v) is 8.08. The van der Waals surface area contributed by atoms with E-state index in [9.17, 15) is 18.6 Å². The number of aliphatic hydroxyl groups excluding tert-OH is 1. The zero-order chi connectivity index (χ0) is 21.2. The van der Waals surface area contributed by atoms with Crippen LogP contribution in [0.2, 0.25) is 0 Å². The summed E-state index contributed by atoms with van der Waals surface area (Å²) in [6.07, 6.45) is 3.65. The van der Waals surface area contributed by atoms with Gasteiger partial charge in [0.25, 0.3) is 0 Å². The molecule has 2 atom stereocenters. The largest absolute Gasteiger partial charge is 0.389 e. The van der Waals surface area contributed by atoms with Crippen LogP contribution in [0, 0.1) is 5.92 Å². The Morgan fingerprint density at radius 3 is 2.43 bits per heavy atom. The first-order valence-electron chi connectivity index (χ1n) is 10.4. The molecule has 8 heteroatoms. The Balaban J connectivity index is 1.35. The van der Waals surface area contributed by atoms with Crippen LogP contribution in [0.15, 0.2) is 59.6 Å². The Morgan fingerprint density at radius 1 is 1.07 bits per heavy atom. The fraction of sp³-hybridized carbons (Fsp3) is 0.500. The van der Waals surface area contributed by atoms with Crippen molar-refractivity contribution in [1.82, 2.24) is 14.2 Å². The van der Waals surface area contributed by atoms with E-state index < -0.39 is 21.7 Å². The summed E-state index contributed by atoms with van der Waals surface area (Å²) in [6, 6.07) is 14.1. The van der Waals surface area contributed by atoms with Gasteiger partial charge in [0.15, 0.2) is 0 Å². The Bertz CT molecular complexity index is 933. The van der Waals surface area contributed by atoms with E-state index in [-0.39, 0.29) is 24.5 Å². The number of nitrogens with zero attached hydrogens (tertiary/aromatic N) is 3. The Morgan fingerprint density at radius 2 is 1.77 bits per heavy atom. The van der Waals surface area contributed by atoms with E-state index >= 15 is 0 Å². The lowest BCUT2D eigenvalue weighted by molar-refractivity contribution is -0.0651. The fourth-order valence-corrected chi connectivity index (χ4v) is 6.00. The number of rotatable bonds is 6. The summed E-state index contributed by atoms with van der Waals surface area (Å²) in [5.41, 5.74) is -0.363. The van der Waals surface area contributed by atoms with Crippen molar-refractivity contribution in [3.63, 3.8) is 0 Å². The molecule has 0 bridgehead atoms. The standard InChI is InChI=1S/C22H29N3O4S/c26-21-15-25(30(28,29)20-7-2-1-3-8-20)17-22(21,27)16-24-12-9-18(10-13-24)14-19-6-4-5-11-23-19/h1-8,11,18,21,26-27H,9-10,12-17H2/t21-,22+/m1/s1. The summed E-state index contributed by atoms with van der Waals surface area (Å²) >= 11 is 0. The molecule has 1 aromatic carbocycles. The molecule has 3 heterocycles. The average molecular weight is 432 g/mol. The molecule has 30 heavy (non-hydrogen) atoms. The minimum absolute atomic E-state index is 0.0934. The van der Waals surface area contributed by atoms with Gasteiger partial charge in [0, 0.05) is 31.5 Å². The molecule has 0 aliphatic carbocycles. The first-order chi connectivity index (χ1) is 14.4. The lowest BCUT2D eigenvalue weighted by atomic mass is 9.90. The summed E-state index contributed by atoms with van der Waals surface area (Å²) in [6.45, 7) is 1.71. The predicted molar refractivity (Wildman–Crippen MR) is 113 cm³/mol. The number of piperidine rings is 1. The minimum Gasteiger partial charge on any atom is -0.389 e. The number of sulfonamides is 1. The molecule has 0 amide bonds. The Labute approximate surface area is 178 Å². The quantitative estimate of drug-likeness (QED) is 0.712. The number of aliphatic hydroxyl groups is 2. The predicted octanol–water partition coefficient (Wildman–Crippen LogP) is 1.13. The van der Waals surface area contributed by atoms with E-state index in [0.29, 0.717) is 5.92 Å². The maximum absolute atomic E-state index is 12.9. The molecule has 2 aromatic rings. The van der Waals surface area contributed by atoms with Gasteiger partial charge in [0.05, 0.1) is 11.0 Å². The molecule has 0 saturated carbocycles. The summed E-state index contributed by atoms with van der Waals surface area (Å²) in [7, 11) is -3.74. The lowest BCUT2D eigenvalue weighted by Gasteiger charge is -2.37. The number of pyridine rings is 1. The smallest absolute Gasteiger partial charge is 0.243 e. The van der Waals surface area contributed by atoms with Crippen LogP contribution in [0.4, 0.5) is 0 Å². The zero-order valence-electron chi connectivity index (χ0n) is 17.0. The molecular formula is C22H29N3O4S. The second-order valence-electron chi connectivity index (χ2n) is 8.47. The van der Waals surface area contributed by atoms with Gasteiger partial charge in [0.2, 0.25) is 10.0 Å². The number of hydrogen-bond donors (Lipinski definition) is 2. The lowest BCUT2D eigenvalue weighted by Crippen LogP contribution is -2.53. The third-order valence-electron chi connectivity index (χ3n) is 6.26. The van der Waals surface area contributed by atoms with E-state index in [1.807, 2.05) is 24.4 Å². The van der Waals surface area contributed by atoms with Crippen LogP contribution >= 0.6 is 0 Å². The molecular weight excluding hydrogens is 402 g/mol. The van der Waals surface area contributed by atoms with Crippen LogP contribution < -0.4 is 0 Å². The number of β-amino-alcohol motifs (C(OH)–C–C–N with tert-alkyl or cyclic N) is 2. The number of likely N-dealkylation sites (tertiary alicyclic amines) is 1. The van der Waals surface area contributed by atoms with Gasteiger partial charge in [-0.25, -0.2) is 8.42 Å². The zero-order valence-corrected chi connectivity index (χ0v) is 17.8. The maximum atomic E-state index is 12.9. The fourth-order valence-electron chi connectivity index (χ4n) is 4.47. The van der Waals surface area contributed by atoms with Gasteiger partial charge in [-0.3, -0.25) is 4.98 Å². The molecule has 2 aliphatic heterocycles. The van der Waals surface area contributed by atoms with Crippen molar-refractivity contribution >= 4 is 10.0 Å². The van der Waals surface area contributed by atoms with Crippen LogP contribution in [0.25, 0.3) is 0 Å². The molecule has 4 rings (SSSR count). The van der Waals surface area contributed by atoms with E-state index in [4.69, 9.17) is 0 Å². The van der Waals surface area contributed by atoms with Crippen molar-refractivity contribution in [3.8, 4) is 0 Å². The van der Waals surface area contributed by atoms with E-state index in [0.717, 1.165) is 38.0 Å². The Kier molecular flexibility index (Phi) is 6.22. The topological polar surface area (TPSA) is 94.0 Å². The number of aromatic nitrogens is 1. The van der Waals surface area contributed by atoms with E-state index in [1.54, 1.807) is 18.2 Å². The maximum Gasteiger partial charge on any atom is 0.243 e. The normalized spacial score (nSPS) is 26.8. The Hall–Kier alpha value is -1.84. The molecule has 2 aliphatic rings. The van der Waals surface area contributed by atoms with Crippen molar-refractivity contribution < 1.29 is 18.6 Å². The van der Waals surface area contributed by atoms with Gasteiger partial charge in [-0.05, 0) is 62.5 Å². The molecule has 0 radical (unpaired) electrons. The molecule has 0 spiro atoms. The molecule has 1 aromatic heterocycles. The van der Waals surface area contributed by atoms with Gasteiger partial charge in [0.1, 0.15) is 5.60 Å². The van der Waals surface area contributed by atoms with Gasteiger partial charge < -0.3 is 15.1 Å². The number of hydrogen-bond acceptors (Lipinski definition) is 6. The molecule has 2 N–H and O–H groups in total. The third kappa shape index (κ3) is 4.58. The molecule has 2 fully saturated rings. The van der Waals surface area contributed by atoms with Crippen LogP contribution in [-0.2, 0) is 16.4 Å². The van der Waals surface area contributed by atoms with Crippen LogP contribution in [0.3, 0.4) is 0 Å². The second kappa shape index (κ2) is 8.72. The van der Waals surface area contributed by atoms with Gasteiger partial charge in [-0.1, -0.05) is 24.3 Å². The SMILES string of the molecule is O=S(=O)(c1ccccc1)N1C[C@@H](O)[C@](O)(CN2CCC(Cc3ccccn3)CC2)C1. The van der Waals surface area contributed by atoms with Gasteiger partial charge >= 0.3 is 0 Å². The van der Waals surface area contributed by atoms with Gasteiger partial charge in [-0.2, -0.15) is 4.31 Å². The van der Waals surface area contributed by atoms with Gasteiger partial charge in [-0.15, -0.1) is 0 Å². The average Bonchev–Trinajstić information content (AvgIpc) is 3.06. The molecule has 162 valence electrons. The monoisotopic (exact) mass is 431 g/mol. The first kappa shape index (κ1) is 21.4. The summed E-state index contributed by atoms with van der Waals surface area (Å²) in [5, 5.41) is 21.6. The van der Waals surface area contributed by atoms with Crippen molar-refractivity contribution in [2.75, 3.05) is 32.7 Å². The van der Waals surface area contributed by atoms with Crippen LogP contribution in [0.1, 0.15) is 18.5 Å². The van der Waals surface area contributed by atoms with E-state index in [2.05, 4.69) is 9.88 Å². The summed E-state index contributed by atoms with van der Waals surface area (Å²) in [5.74, 6) is 0.550. The number of benzene rings is 1. The van der Waals surface area contributed by atoms with Crippen molar-refractivity contribution in [1.29, 1.82) is 0 Å². The summed E-state index contributed by atoms with van der Waals surface area (Å²) < 4.78 is 26.9. The summed E-state index contributed by atoms with van der Waals surface area (Å²) in [4.78, 5) is 6.72. The highest BCUT2D eigenvalue weighted by Gasteiger charge is 2.49. The van der Waals surface area contributed by atoms with E-state index in [1.165, 1.54) is 16.4 Å². The van der Waals surface area contributed by atoms with Crippen LogP contribution in [0.5, 0.6) is 0 Å². The first-order valence-corrected chi connectivity index (χ1v) is 11.9. The highest BCUT2D eigenvalue weighted by atomic mass is 32.2. The second-order valence-corrected chi connectivity index (χ2v) is 10.4. The molecule has 7 nitrogen and oxygen atoms in total. The van der Waals surface area contributed by atoms with Crippen LogP contribution in [-0.4, -0.2) is 77.2 Å². The molecule has 0 unspecified atom stereocenters. The highest BCUT2D eigenvalue weighted by molar-refractivity contribution is 7.89. The minimum atomic E-state index is -3.74. The van der Waals surface area contributed by atoms with Crippen molar-refractivity contribution in [2.24, 2.45) is 5.92 Å². The van der Waals surface area contributed by atoms with Crippen molar-refractivity contribution in [2.45, 2.75) is 35.9 Å². The van der Waals surface area contributed by atoms with Crippen molar-refractivity contribution in [3.05, 3.63) is 60.4 Å². The molecule has 2 saturated heterocycles. The highest BCUT2D eigenvalue weighted by Crippen LogP contribution is 2.30.